The lowest BCUT2D eigenvalue weighted by atomic mass is 10.0. The molecular weight excluding hydrogens is 328 g/mol. The molecule has 2 rings (SSSR count). The van der Waals surface area contributed by atoms with Crippen molar-refractivity contribution in [3.05, 3.63) is 46.7 Å². The van der Waals surface area contributed by atoms with Gasteiger partial charge < -0.3 is 4.90 Å². The molecule has 4 nitrogen and oxygen atoms in total. The number of anilines is 2. The molecule has 0 saturated carbocycles. The van der Waals surface area contributed by atoms with Crippen molar-refractivity contribution in [3.8, 4) is 0 Å². The van der Waals surface area contributed by atoms with E-state index >= 15 is 0 Å². The van der Waals surface area contributed by atoms with E-state index in [0.29, 0.717) is 6.54 Å². The zero-order valence-electron chi connectivity index (χ0n) is 14.0. The Hall–Kier alpha value is -1.37. The summed E-state index contributed by atoms with van der Waals surface area (Å²) in [5, 5.41) is 4.12. The third-order valence-corrected chi connectivity index (χ3v) is 6.89. The van der Waals surface area contributed by atoms with Crippen molar-refractivity contribution in [2.45, 2.75) is 31.9 Å². The van der Waals surface area contributed by atoms with E-state index in [1.165, 1.54) is 0 Å². The Balaban J connectivity index is 2.24. The largest absolute Gasteiger partial charge is 0.344 e. The number of rotatable bonds is 7. The number of benzene rings is 1. The summed E-state index contributed by atoms with van der Waals surface area (Å²) < 4.78 is 26.7. The second-order valence-electron chi connectivity index (χ2n) is 6.00. The first kappa shape index (κ1) is 18.0. The van der Waals surface area contributed by atoms with E-state index in [1.807, 2.05) is 43.6 Å². The molecule has 6 heteroatoms. The van der Waals surface area contributed by atoms with E-state index in [0.717, 1.165) is 23.4 Å². The van der Waals surface area contributed by atoms with Crippen LogP contribution in [0.2, 0.25) is 0 Å². The van der Waals surface area contributed by atoms with E-state index in [1.54, 1.807) is 25.2 Å². The van der Waals surface area contributed by atoms with Gasteiger partial charge in [0.15, 0.2) is 0 Å². The monoisotopic (exact) mass is 352 g/mol. The van der Waals surface area contributed by atoms with Gasteiger partial charge in [-0.25, -0.2) is 13.1 Å². The van der Waals surface area contributed by atoms with Gasteiger partial charge in [0.05, 0.1) is 5.69 Å². The van der Waals surface area contributed by atoms with Crippen LogP contribution < -0.4 is 9.62 Å². The van der Waals surface area contributed by atoms with Gasteiger partial charge in [0, 0.05) is 24.7 Å². The lowest BCUT2D eigenvalue weighted by Gasteiger charge is -2.26. The fraction of sp³-hybridized carbons (Fsp3) is 0.412. The van der Waals surface area contributed by atoms with Crippen LogP contribution in [-0.4, -0.2) is 22.0 Å². The van der Waals surface area contributed by atoms with Gasteiger partial charge in [-0.3, -0.25) is 0 Å². The third kappa shape index (κ3) is 3.76. The fourth-order valence-electron chi connectivity index (χ4n) is 2.26. The van der Waals surface area contributed by atoms with Gasteiger partial charge >= 0.3 is 0 Å². The molecule has 0 saturated heterocycles. The molecule has 0 aliphatic rings. The van der Waals surface area contributed by atoms with Gasteiger partial charge in [0.1, 0.15) is 4.75 Å². The molecular formula is C17H24N2O2S2. The van der Waals surface area contributed by atoms with Crippen molar-refractivity contribution in [1.82, 2.24) is 4.72 Å². The topological polar surface area (TPSA) is 49.4 Å². The number of hydrogen-bond acceptors (Lipinski definition) is 4. The summed E-state index contributed by atoms with van der Waals surface area (Å²) >= 11 is 1.65. The Kier molecular flexibility index (Phi) is 5.49. The van der Waals surface area contributed by atoms with E-state index in [2.05, 4.69) is 21.1 Å². The Morgan fingerprint density at radius 2 is 1.78 bits per heavy atom. The third-order valence-electron chi connectivity index (χ3n) is 4.06. The van der Waals surface area contributed by atoms with Crippen molar-refractivity contribution >= 4 is 32.7 Å². The van der Waals surface area contributed by atoms with E-state index in [-0.39, 0.29) is 0 Å². The highest BCUT2D eigenvalue weighted by molar-refractivity contribution is 7.90. The van der Waals surface area contributed by atoms with Crippen LogP contribution in [0, 0.1) is 0 Å². The molecule has 0 atom stereocenters. The molecule has 1 aromatic carbocycles. The first-order valence-electron chi connectivity index (χ1n) is 7.65. The lowest BCUT2D eigenvalue weighted by molar-refractivity contribution is 0.539. The molecule has 0 radical (unpaired) electrons. The van der Waals surface area contributed by atoms with Crippen LogP contribution in [0.15, 0.2) is 41.1 Å². The van der Waals surface area contributed by atoms with Crippen molar-refractivity contribution in [2.75, 3.05) is 18.5 Å². The first-order chi connectivity index (χ1) is 10.8. The van der Waals surface area contributed by atoms with Crippen LogP contribution >= 0.6 is 11.3 Å². The molecule has 23 heavy (non-hydrogen) atoms. The van der Waals surface area contributed by atoms with Gasteiger partial charge in [0.2, 0.25) is 10.0 Å². The quantitative estimate of drug-likeness (QED) is 0.817. The zero-order valence-corrected chi connectivity index (χ0v) is 15.7. The van der Waals surface area contributed by atoms with Crippen LogP contribution in [0.25, 0.3) is 0 Å². The maximum Gasteiger partial charge on any atom is 0.221 e. The minimum Gasteiger partial charge on any atom is -0.344 e. The minimum atomic E-state index is -3.41. The molecule has 0 fully saturated rings. The SMILES string of the molecule is CCCNS(=O)(=O)C(C)(C)c1ccc(N(C)c2ccsc2)cc1. The van der Waals surface area contributed by atoms with Gasteiger partial charge in [-0.05, 0) is 49.4 Å². The Morgan fingerprint density at radius 1 is 1.13 bits per heavy atom. The maximum absolute atomic E-state index is 12.5. The number of sulfonamides is 1. The van der Waals surface area contributed by atoms with Gasteiger partial charge in [-0.15, -0.1) is 0 Å². The fourth-order valence-corrected chi connectivity index (χ4v) is 4.21. The van der Waals surface area contributed by atoms with Crippen LogP contribution in [0.5, 0.6) is 0 Å². The van der Waals surface area contributed by atoms with Crippen molar-refractivity contribution in [1.29, 1.82) is 0 Å². The predicted molar refractivity (Wildman–Crippen MR) is 99.1 cm³/mol. The molecule has 2 aromatic rings. The average Bonchev–Trinajstić information content (AvgIpc) is 3.06. The van der Waals surface area contributed by atoms with Crippen LogP contribution in [0.1, 0.15) is 32.8 Å². The van der Waals surface area contributed by atoms with Gasteiger partial charge in [-0.1, -0.05) is 19.1 Å². The molecule has 0 unspecified atom stereocenters. The lowest BCUT2D eigenvalue weighted by Crippen LogP contribution is -2.40. The smallest absolute Gasteiger partial charge is 0.221 e. The summed E-state index contributed by atoms with van der Waals surface area (Å²) in [5.41, 5.74) is 2.93. The normalized spacial score (nSPS) is 12.3. The second kappa shape index (κ2) is 7.03. The summed E-state index contributed by atoms with van der Waals surface area (Å²) in [6.07, 6.45) is 0.777. The van der Waals surface area contributed by atoms with Gasteiger partial charge in [-0.2, -0.15) is 11.3 Å². The van der Waals surface area contributed by atoms with Crippen molar-refractivity contribution < 1.29 is 8.42 Å². The van der Waals surface area contributed by atoms with Crippen LogP contribution in [0.4, 0.5) is 11.4 Å². The molecule has 1 aromatic heterocycles. The standard InChI is InChI=1S/C17H24N2O2S2/c1-5-11-18-23(20,21)17(2,3)14-6-8-15(9-7-14)19(4)16-10-12-22-13-16/h6-10,12-13,18H,5,11H2,1-4H3. The summed E-state index contributed by atoms with van der Waals surface area (Å²) in [7, 11) is -1.41. The summed E-state index contributed by atoms with van der Waals surface area (Å²) in [6, 6.07) is 9.77. The molecule has 0 bridgehead atoms. The highest BCUT2D eigenvalue weighted by atomic mass is 32.2. The van der Waals surface area contributed by atoms with E-state index < -0.39 is 14.8 Å². The Bertz CT molecular complexity index is 720. The highest BCUT2D eigenvalue weighted by Crippen LogP contribution is 2.32. The van der Waals surface area contributed by atoms with E-state index in [4.69, 9.17) is 0 Å². The summed E-state index contributed by atoms with van der Waals surface area (Å²) in [4.78, 5) is 2.08. The predicted octanol–water partition coefficient (Wildman–Crippen LogP) is 4.08. The average molecular weight is 353 g/mol. The summed E-state index contributed by atoms with van der Waals surface area (Å²) in [5.74, 6) is 0. The molecule has 126 valence electrons. The van der Waals surface area contributed by atoms with Crippen LogP contribution in [0.3, 0.4) is 0 Å². The molecule has 0 aliphatic carbocycles. The number of nitrogens with zero attached hydrogens (tertiary/aromatic N) is 1. The summed E-state index contributed by atoms with van der Waals surface area (Å²) in [6.45, 7) is 5.89. The second-order valence-corrected chi connectivity index (χ2v) is 9.09. The zero-order chi connectivity index (χ0) is 17.1. The maximum atomic E-state index is 12.5. The molecule has 0 aliphatic heterocycles. The molecule has 0 spiro atoms. The number of nitrogens with one attached hydrogen (secondary N) is 1. The van der Waals surface area contributed by atoms with Crippen molar-refractivity contribution in [2.24, 2.45) is 0 Å². The first-order valence-corrected chi connectivity index (χ1v) is 10.1. The molecule has 1 N–H and O–H groups in total. The minimum absolute atomic E-state index is 0.463. The Morgan fingerprint density at radius 3 is 2.30 bits per heavy atom. The molecule has 1 heterocycles. The van der Waals surface area contributed by atoms with Crippen LogP contribution in [-0.2, 0) is 14.8 Å². The molecule has 0 amide bonds. The number of hydrogen-bond donors (Lipinski definition) is 1. The van der Waals surface area contributed by atoms with Gasteiger partial charge in [0.25, 0.3) is 0 Å². The van der Waals surface area contributed by atoms with Crippen molar-refractivity contribution in [3.63, 3.8) is 0 Å². The van der Waals surface area contributed by atoms with E-state index in [9.17, 15) is 8.42 Å². The number of thiophene rings is 1. The highest BCUT2D eigenvalue weighted by Gasteiger charge is 2.35. The Labute approximate surface area is 143 Å².